The summed E-state index contributed by atoms with van der Waals surface area (Å²) >= 11 is 0. The Morgan fingerprint density at radius 3 is 2.38 bits per heavy atom. The Labute approximate surface area is 202 Å². The summed E-state index contributed by atoms with van der Waals surface area (Å²) in [5.41, 5.74) is 1.20. The van der Waals surface area contributed by atoms with Gasteiger partial charge in [0.2, 0.25) is 5.91 Å². The van der Waals surface area contributed by atoms with E-state index in [-0.39, 0.29) is 17.5 Å². The number of ether oxygens (including phenoxy) is 1. The van der Waals surface area contributed by atoms with E-state index in [4.69, 9.17) is 9.72 Å². The van der Waals surface area contributed by atoms with E-state index in [9.17, 15) is 9.59 Å². The van der Waals surface area contributed by atoms with Crippen molar-refractivity contribution in [2.24, 2.45) is 5.92 Å². The molecule has 1 atom stereocenters. The monoisotopic (exact) mass is 463 g/mol. The van der Waals surface area contributed by atoms with Gasteiger partial charge in [0.05, 0.1) is 29.2 Å². The minimum atomic E-state index is -0.361. The van der Waals surface area contributed by atoms with Gasteiger partial charge in [-0.15, -0.1) is 0 Å². The fraction of sp³-hybridized carbons (Fsp3) is 0.464. The highest BCUT2D eigenvalue weighted by molar-refractivity contribution is 5.79. The van der Waals surface area contributed by atoms with Crippen molar-refractivity contribution in [1.82, 2.24) is 14.5 Å². The molecule has 1 heterocycles. The van der Waals surface area contributed by atoms with Crippen LogP contribution in [0.5, 0.6) is 5.75 Å². The zero-order chi connectivity index (χ0) is 24.7. The van der Waals surface area contributed by atoms with Gasteiger partial charge in [-0.1, -0.05) is 45.7 Å². The van der Waals surface area contributed by atoms with Gasteiger partial charge in [0.1, 0.15) is 11.6 Å². The van der Waals surface area contributed by atoms with Crippen molar-refractivity contribution in [1.29, 1.82) is 0 Å². The number of fused-ring (bicyclic) bond motifs is 1. The topological polar surface area (TPSA) is 64.4 Å². The second-order valence-corrected chi connectivity index (χ2v) is 9.13. The van der Waals surface area contributed by atoms with Crippen LogP contribution >= 0.6 is 0 Å². The van der Waals surface area contributed by atoms with Crippen molar-refractivity contribution in [3.05, 3.63) is 64.7 Å². The summed E-state index contributed by atoms with van der Waals surface area (Å²) in [6.45, 7) is 11.4. The second-order valence-electron chi connectivity index (χ2n) is 9.13. The molecule has 6 nitrogen and oxygen atoms in total. The number of rotatable bonds is 11. The summed E-state index contributed by atoms with van der Waals surface area (Å²) in [6.07, 6.45) is 3.47. The molecular formula is C28H37N3O3. The number of nitrogens with zero attached hydrogens (tertiary/aromatic N) is 3. The first kappa shape index (κ1) is 25.5. The van der Waals surface area contributed by atoms with Gasteiger partial charge in [0, 0.05) is 13.0 Å². The molecule has 0 saturated carbocycles. The number of amides is 1. The number of carbonyl (C=O) groups excluding carboxylic acids is 1. The summed E-state index contributed by atoms with van der Waals surface area (Å²) in [6, 6.07) is 14.5. The fourth-order valence-electron chi connectivity index (χ4n) is 4.22. The SMILES string of the molecule is CCCCCC(=O)N(CC(C)C)C(C)c1nc2ccccc2c(=O)n1-c1ccc(OCC)cc1. The van der Waals surface area contributed by atoms with E-state index < -0.39 is 0 Å². The molecule has 3 aromatic rings. The lowest BCUT2D eigenvalue weighted by Crippen LogP contribution is -2.39. The maximum Gasteiger partial charge on any atom is 0.266 e. The van der Waals surface area contributed by atoms with E-state index in [1.54, 1.807) is 10.6 Å². The third-order valence-electron chi connectivity index (χ3n) is 5.93. The lowest BCUT2D eigenvalue weighted by molar-refractivity contribution is -0.134. The zero-order valence-corrected chi connectivity index (χ0v) is 21.1. The van der Waals surface area contributed by atoms with Crippen molar-refractivity contribution in [2.75, 3.05) is 13.2 Å². The van der Waals surface area contributed by atoms with E-state index in [0.29, 0.717) is 47.9 Å². The molecule has 1 aromatic heterocycles. The van der Waals surface area contributed by atoms with Crippen molar-refractivity contribution < 1.29 is 9.53 Å². The molecule has 1 unspecified atom stereocenters. The highest BCUT2D eigenvalue weighted by Crippen LogP contribution is 2.26. The van der Waals surface area contributed by atoms with E-state index >= 15 is 0 Å². The molecule has 1 amide bonds. The lowest BCUT2D eigenvalue weighted by atomic mass is 10.1. The predicted molar refractivity (Wildman–Crippen MR) is 138 cm³/mol. The number of hydrogen-bond donors (Lipinski definition) is 0. The van der Waals surface area contributed by atoms with E-state index in [1.165, 1.54) is 0 Å². The van der Waals surface area contributed by atoms with Crippen LogP contribution in [-0.4, -0.2) is 33.5 Å². The molecule has 0 aliphatic carbocycles. The average molecular weight is 464 g/mol. The normalized spacial score (nSPS) is 12.2. The maximum absolute atomic E-state index is 13.7. The second kappa shape index (κ2) is 11.8. The molecular weight excluding hydrogens is 426 g/mol. The smallest absolute Gasteiger partial charge is 0.266 e. The highest BCUT2D eigenvalue weighted by Gasteiger charge is 2.27. The van der Waals surface area contributed by atoms with Gasteiger partial charge in [-0.05, 0) is 62.6 Å². The fourth-order valence-corrected chi connectivity index (χ4v) is 4.22. The van der Waals surface area contributed by atoms with Gasteiger partial charge in [-0.3, -0.25) is 14.2 Å². The van der Waals surface area contributed by atoms with Crippen LogP contribution in [0.4, 0.5) is 0 Å². The molecule has 0 spiro atoms. The minimum absolute atomic E-state index is 0.107. The number of para-hydroxylation sites is 1. The maximum atomic E-state index is 13.7. The third-order valence-corrected chi connectivity index (χ3v) is 5.93. The lowest BCUT2D eigenvalue weighted by Gasteiger charge is -2.32. The Balaban J connectivity index is 2.13. The summed E-state index contributed by atoms with van der Waals surface area (Å²) < 4.78 is 7.23. The predicted octanol–water partition coefficient (Wildman–Crippen LogP) is 5.91. The first-order valence-electron chi connectivity index (χ1n) is 12.4. The molecule has 0 saturated heterocycles. The van der Waals surface area contributed by atoms with Crippen molar-refractivity contribution in [3.63, 3.8) is 0 Å². The molecule has 0 aliphatic heterocycles. The number of aromatic nitrogens is 2. The van der Waals surface area contributed by atoms with Gasteiger partial charge in [-0.25, -0.2) is 4.98 Å². The summed E-state index contributed by atoms with van der Waals surface area (Å²) in [5, 5.41) is 0.553. The Hall–Kier alpha value is -3.15. The van der Waals surface area contributed by atoms with Gasteiger partial charge < -0.3 is 9.64 Å². The first-order valence-corrected chi connectivity index (χ1v) is 12.4. The van der Waals surface area contributed by atoms with Crippen molar-refractivity contribution in [2.45, 2.75) is 66.3 Å². The first-order chi connectivity index (χ1) is 16.4. The molecule has 0 fully saturated rings. The molecule has 6 heteroatoms. The van der Waals surface area contributed by atoms with Crippen LogP contribution < -0.4 is 10.3 Å². The number of hydrogen-bond acceptors (Lipinski definition) is 4. The average Bonchev–Trinajstić information content (AvgIpc) is 2.83. The van der Waals surface area contributed by atoms with Crippen LogP contribution in [0.25, 0.3) is 16.6 Å². The molecule has 3 rings (SSSR count). The van der Waals surface area contributed by atoms with E-state index in [1.807, 2.05) is 61.2 Å². The van der Waals surface area contributed by atoms with Crippen LogP contribution in [0.2, 0.25) is 0 Å². The molecule has 34 heavy (non-hydrogen) atoms. The standard InChI is InChI=1S/C28H37N3O3/c1-6-8-9-14-26(32)30(19-20(3)4)21(5)27-29-25-13-11-10-12-24(25)28(33)31(27)22-15-17-23(18-16-22)34-7-2/h10-13,15-18,20-21H,6-9,14,19H2,1-5H3. The highest BCUT2D eigenvalue weighted by atomic mass is 16.5. The summed E-state index contributed by atoms with van der Waals surface area (Å²) in [7, 11) is 0. The van der Waals surface area contributed by atoms with Gasteiger partial charge in [-0.2, -0.15) is 0 Å². The molecule has 0 bridgehead atoms. The molecule has 0 N–H and O–H groups in total. The Kier molecular flexibility index (Phi) is 8.85. The Morgan fingerprint density at radius 2 is 1.74 bits per heavy atom. The zero-order valence-electron chi connectivity index (χ0n) is 21.1. The van der Waals surface area contributed by atoms with Gasteiger partial charge in [0.15, 0.2) is 0 Å². The molecule has 182 valence electrons. The molecule has 0 radical (unpaired) electrons. The molecule has 2 aromatic carbocycles. The van der Waals surface area contributed by atoms with E-state index in [0.717, 1.165) is 25.0 Å². The van der Waals surface area contributed by atoms with Crippen LogP contribution in [0.15, 0.2) is 53.3 Å². The third kappa shape index (κ3) is 5.85. The van der Waals surface area contributed by atoms with Crippen LogP contribution in [-0.2, 0) is 4.79 Å². The largest absolute Gasteiger partial charge is 0.494 e. The van der Waals surface area contributed by atoms with Crippen LogP contribution in [0.1, 0.15) is 72.2 Å². The molecule has 0 aliphatic rings. The number of carbonyl (C=O) groups is 1. The quantitative estimate of drug-likeness (QED) is 0.332. The Morgan fingerprint density at radius 1 is 1.03 bits per heavy atom. The number of benzene rings is 2. The van der Waals surface area contributed by atoms with Crippen LogP contribution in [0, 0.1) is 5.92 Å². The summed E-state index contributed by atoms with van der Waals surface area (Å²) in [5.74, 6) is 1.71. The van der Waals surface area contributed by atoms with Crippen molar-refractivity contribution >= 4 is 16.8 Å². The Bertz CT molecular complexity index is 1150. The van der Waals surface area contributed by atoms with Gasteiger partial charge in [0.25, 0.3) is 5.56 Å². The van der Waals surface area contributed by atoms with E-state index in [2.05, 4.69) is 20.8 Å². The minimum Gasteiger partial charge on any atom is -0.494 e. The number of unbranched alkanes of at least 4 members (excludes halogenated alkanes) is 2. The summed E-state index contributed by atoms with van der Waals surface area (Å²) in [4.78, 5) is 33.8. The van der Waals surface area contributed by atoms with Gasteiger partial charge >= 0.3 is 0 Å². The van der Waals surface area contributed by atoms with Crippen LogP contribution in [0.3, 0.4) is 0 Å². The van der Waals surface area contributed by atoms with Crippen molar-refractivity contribution in [3.8, 4) is 11.4 Å².